The molecule has 138 valence electrons. The number of aromatic nitrogens is 1. The molecular formula is C20H31N3O2. The Morgan fingerprint density at radius 1 is 1.32 bits per heavy atom. The molecule has 0 radical (unpaired) electrons. The van der Waals surface area contributed by atoms with Gasteiger partial charge in [0, 0.05) is 57.6 Å². The fourth-order valence-corrected chi connectivity index (χ4v) is 4.51. The summed E-state index contributed by atoms with van der Waals surface area (Å²) in [4.78, 5) is 20.9. The van der Waals surface area contributed by atoms with Crippen LogP contribution in [0.25, 0.3) is 0 Å². The van der Waals surface area contributed by atoms with E-state index in [2.05, 4.69) is 16.0 Å². The van der Waals surface area contributed by atoms with E-state index in [9.17, 15) is 9.90 Å². The van der Waals surface area contributed by atoms with Gasteiger partial charge >= 0.3 is 0 Å². The van der Waals surface area contributed by atoms with Gasteiger partial charge < -0.3 is 10.0 Å². The van der Waals surface area contributed by atoms with E-state index >= 15 is 0 Å². The number of likely N-dealkylation sites (tertiary alicyclic amines) is 2. The molecule has 0 aliphatic carbocycles. The molecule has 2 fully saturated rings. The van der Waals surface area contributed by atoms with Gasteiger partial charge in [0.2, 0.25) is 5.91 Å². The van der Waals surface area contributed by atoms with E-state index in [1.165, 1.54) is 5.56 Å². The van der Waals surface area contributed by atoms with Crippen molar-refractivity contribution in [3.8, 4) is 0 Å². The smallest absolute Gasteiger partial charge is 0.225 e. The normalized spacial score (nSPS) is 25.7. The van der Waals surface area contributed by atoms with Crippen molar-refractivity contribution < 1.29 is 9.90 Å². The van der Waals surface area contributed by atoms with Crippen LogP contribution < -0.4 is 0 Å². The first-order valence-corrected chi connectivity index (χ1v) is 9.59. The van der Waals surface area contributed by atoms with Gasteiger partial charge in [-0.15, -0.1) is 0 Å². The number of carbonyl (C=O) groups excluding carboxylic acids is 1. The van der Waals surface area contributed by atoms with Crippen LogP contribution in [0.1, 0.15) is 32.3 Å². The van der Waals surface area contributed by atoms with E-state index in [0.29, 0.717) is 17.8 Å². The van der Waals surface area contributed by atoms with Gasteiger partial charge in [-0.05, 0) is 42.2 Å². The molecule has 2 atom stereocenters. The highest BCUT2D eigenvalue weighted by Crippen LogP contribution is 2.36. The molecule has 5 nitrogen and oxygen atoms in total. The number of aliphatic hydroxyl groups excluding tert-OH is 1. The molecule has 1 aromatic heterocycles. The number of pyridine rings is 1. The second kappa shape index (κ2) is 8.28. The zero-order valence-corrected chi connectivity index (χ0v) is 15.5. The van der Waals surface area contributed by atoms with Crippen molar-refractivity contribution in [3.05, 3.63) is 30.1 Å². The standard InChI is InChI=1S/C20H31N3O2/c1-15(2)20(25)23-8-5-17(6-9-23)19-13-22(12-18(19)14-24)11-16-4-3-7-21-10-16/h3-4,7,10,15,17-19,24H,5-6,8-9,11-14H2,1-2H3/t18-,19-/m0/s1. The minimum absolute atomic E-state index is 0.0863. The van der Waals surface area contributed by atoms with Crippen LogP contribution in [0, 0.1) is 23.7 Å². The monoisotopic (exact) mass is 345 g/mol. The molecule has 0 aromatic carbocycles. The summed E-state index contributed by atoms with van der Waals surface area (Å²) in [6.07, 6.45) is 5.87. The first-order valence-electron chi connectivity index (χ1n) is 9.59. The number of aliphatic hydroxyl groups is 1. The van der Waals surface area contributed by atoms with Crippen LogP contribution in [0.3, 0.4) is 0 Å². The Hall–Kier alpha value is -1.46. The van der Waals surface area contributed by atoms with E-state index in [4.69, 9.17) is 0 Å². The Labute approximate surface area is 151 Å². The Bertz CT molecular complexity index is 555. The van der Waals surface area contributed by atoms with Gasteiger partial charge in [0.25, 0.3) is 0 Å². The van der Waals surface area contributed by atoms with Crippen molar-refractivity contribution in [3.63, 3.8) is 0 Å². The van der Waals surface area contributed by atoms with Crippen LogP contribution in [0.5, 0.6) is 0 Å². The molecule has 0 saturated carbocycles. The van der Waals surface area contributed by atoms with Gasteiger partial charge in [0.05, 0.1) is 0 Å². The Kier molecular flexibility index (Phi) is 6.07. The molecule has 0 bridgehead atoms. The molecule has 3 heterocycles. The number of piperidine rings is 1. The van der Waals surface area contributed by atoms with Crippen LogP contribution in [0.4, 0.5) is 0 Å². The van der Waals surface area contributed by atoms with Crippen molar-refractivity contribution in [2.75, 3.05) is 32.8 Å². The summed E-state index contributed by atoms with van der Waals surface area (Å²) in [5.41, 5.74) is 1.23. The Balaban J connectivity index is 1.56. The third-order valence-corrected chi connectivity index (χ3v) is 5.88. The maximum Gasteiger partial charge on any atom is 0.225 e. The van der Waals surface area contributed by atoms with E-state index in [-0.39, 0.29) is 18.4 Å². The first-order chi connectivity index (χ1) is 12.1. The Morgan fingerprint density at radius 3 is 2.68 bits per heavy atom. The molecule has 0 unspecified atom stereocenters. The summed E-state index contributed by atoms with van der Waals surface area (Å²) in [6, 6.07) is 4.10. The van der Waals surface area contributed by atoms with E-state index in [1.807, 2.05) is 31.0 Å². The molecule has 2 saturated heterocycles. The number of amides is 1. The average molecular weight is 345 g/mol. The lowest BCUT2D eigenvalue weighted by molar-refractivity contribution is -0.136. The Morgan fingerprint density at radius 2 is 2.08 bits per heavy atom. The van der Waals surface area contributed by atoms with Gasteiger partial charge in [0.1, 0.15) is 0 Å². The molecule has 25 heavy (non-hydrogen) atoms. The lowest BCUT2D eigenvalue weighted by atomic mass is 9.78. The lowest BCUT2D eigenvalue weighted by Gasteiger charge is -2.37. The molecule has 0 spiro atoms. The second-order valence-corrected chi connectivity index (χ2v) is 7.98. The molecular weight excluding hydrogens is 314 g/mol. The van der Waals surface area contributed by atoms with Gasteiger partial charge in [-0.2, -0.15) is 0 Å². The predicted octanol–water partition coefficient (Wildman–Crippen LogP) is 2.02. The molecule has 5 heteroatoms. The van der Waals surface area contributed by atoms with Crippen LogP contribution in [-0.2, 0) is 11.3 Å². The highest BCUT2D eigenvalue weighted by atomic mass is 16.3. The fourth-order valence-electron chi connectivity index (χ4n) is 4.51. The molecule has 1 amide bonds. The summed E-state index contributed by atoms with van der Waals surface area (Å²) in [6.45, 7) is 8.87. The predicted molar refractivity (Wildman–Crippen MR) is 97.7 cm³/mol. The van der Waals surface area contributed by atoms with Gasteiger partial charge in [-0.25, -0.2) is 0 Å². The highest BCUT2D eigenvalue weighted by Gasteiger charge is 2.39. The largest absolute Gasteiger partial charge is 0.396 e. The third kappa shape index (κ3) is 4.39. The SMILES string of the molecule is CC(C)C(=O)N1CCC([C@@H]2CN(Cc3cccnc3)C[C@H]2CO)CC1. The summed E-state index contributed by atoms with van der Waals surface area (Å²) < 4.78 is 0. The minimum atomic E-state index is 0.0863. The number of hydrogen-bond donors (Lipinski definition) is 1. The number of carbonyl (C=O) groups is 1. The van der Waals surface area contributed by atoms with Crippen molar-refractivity contribution in [1.82, 2.24) is 14.8 Å². The summed E-state index contributed by atoms with van der Waals surface area (Å²) in [5.74, 6) is 1.88. The molecule has 2 aliphatic rings. The maximum atomic E-state index is 12.2. The lowest BCUT2D eigenvalue weighted by Crippen LogP contribution is -2.43. The summed E-state index contributed by atoms with van der Waals surface area (Å²) >= 11 is 0. The van der Waals surface area contributed by atoms with Crippen LogP contribution in [-0.4, -0.2) is 58.6 Å². The van der Waals surface area contributed by atoms with Gasteiger partial charge in [-0.3, -0.25) is 14.7 Å². The van der Waals surface area contributed by atoms with Crippen LogP contribution in [0.2, 0.25) is 0 Å². The molecule has 1 aromatic rings. The van der Waals surface area contributed by atoms with Crippen molar-refractivity contribution in [1.29, 1.82) is 0 Å². The molecule has 2 aliphatic heterocycles. The van der Waals surface area contributed by atoms with Crippen molar-refractivity contribution in [2.24, 2.45) is 23.7 Å². The van der Waals surface area contributed by atoms with Crippen LogP contribution >= 0.6 is 0 Å². The third-order valence-electron chi connectivity index (χ3n) is 5.88. The average Bonchev–Trinajstić information content (AvgIpc) is 3.05. The van der Waals surface area contributed by atoms with Crippen LogP contribution in [0.15, 0.2) is 24.5 Å². The highest BCUT2D eigenvalue weighted by molar-refractivity contribution is 5.78. The maximum absolute atomic E-state index is 12.2. The van der Waals surface area contributed by atoms with Crippen molar-refractivity contribution >= 4 is 5.91 Å². The minimum Gasteiger partial charge on any atom is -0.396 e. The van der Waals surface area contributed by atoms with E-state index < -0.39 is 0 Å². The van der Waals surface area contributed by atoms with Crippen molar-refractivity contribution in [2.45, 2.75) is 33.2 Å². The zero-order chi connectivity index (χ0) is 17.8. The first kappa shape index (κ1) is 18.3. The topological polar surface area (TPSA) is 56.7 Å². The number of hydrogen-bond acceptors (Lipinski definition) is 4. The number of rotatable bonds is 5. The number of nitrogens with zero attached hydrogens (tertiary/aromatic N) is 3. The fraction of sp³-hybridized carbons (Fsp3) is 0.700. The van der Waals surface area contributed by atoms with E-state index in [0.717, 1.165) is 45.6 Å². The molecule has 3 rings (SSSR count). The van der Waals surface area contributed by atoms with E-state index in [1.54, 1.807) is 6.20 Å². The molecule has 1 N–H and O–H groups in total. The zero-order valence-electron chi connectivity index (χ0n) is 15.5. The summed E-state index contributed by atoms with van der Waals surface area (Å²) in [7, 11) is 0. The summed E-state index contributed by atoms with van der Waals surface area (Å²) in [5, 5.41) is 9.86. The van der Waals surface area contributed by atoms with Gasteiger partial charge in [-0.1, -0.05) is 19.9 Å². The second-order valence-electron chi connectivity index (χ2n) is 7.98. The van der Waals surface area contributed by atoms with Gasteiger partial charge in [0.15, 0.2) is 0 Å². The quantitative estimate of drug-likeness (QED) is 0.887.